The van der Waals surface area contributed by atoms with Gasteiger partial charge in [0.1, 0.15) is 18.0 Å². The Bertz CT molecular complexity index is 662. The molecule has 2 aromatic rings. The second kappa shape index (κ2) is 5.52. The first-order chi connectivity index (χ1) is 9.47. The molecule has 5 nitrogen and oxygen atoms in total. The molecule has 0 unspecified atom stereocenters. The Kier molecular flexibility index (Phi) is 3.79. The summed E-state index contributed by atoms with van der Waals surface area (Å²) in [5, 5.41) is 10.6. The molecule has 0 heterocycles. The van der Waals surface area contributed by atoms with Crippen LogP contribution in [0.4, 0.5) is 20.2 Å². The Labute approximate surface area is 112 Å². The lowest BCUT2D eigenvalue weighted by Crippen LogP contribution is -2.00. The van der Waals surface area contributed by atoms with Crippen molar-refractivity contribution in [1.82, 2.24) is 0 Å². The number of halogens is 2. The van der Waals surface area contributed by atoms with Crippen LogP contribution in [0.15, 0.2) is 36.4 Å². The average molecular weight is 280 g/mol. The average Bonchev–Trinajstić information content (AvgIpc) is 2.40. The molecule has 2 N–H and O–H groups in total. The van der Waals surface area contributed by atoms with E-state index in [1.54, 1.807) is 0 Å². The fraction of sp³-hybridized carbons (Fsp3) is 0.0769. The SMILES string of the molecule is Nc1cc(COc2ccc(F)c(F)c2)ccc1[N+](=O)[O-]. The number of nitro groups is 1. The van der Waals surface area contributed by atoms with Crippen LogP contribution in [0.3, 0.4) is 0 Å². The van der Waals surface area contributed by atoms with Crippen LogP contribution in [0.5, 0.6) is 5.75 Å². The minimum Gasteiger partial charge on any atom is -0.489 e. The number of benzene rings is 2. The van der Waals surface area contributed by atoms with Crippen LogP contribution in [-0.2, 0) is 6.61 Å². The normalized spacial score (nSPS) is 10.3. The second-order valence-corrected chi connectivity index (χ2v) is 4.01. The van der Waals surface area contributed by atoms with E-state index in [1.807, 2.05) is 0 Å². The van der Waals surface area contributed by atoms with Gasteiger partial charge in [0.05, 0.1) is 4.92 Å². The number of nitro benzene ring substituents is 1. The molecule has 0 aliphatic carbocycles. The van der Waals surface area contributed by atoms with Crippen molar-refractivity contribution in [3.63, 3.8) is 0 Å². The van der Waals surface area contributed by atoms with Gasteiger partial charge in [-0.2, -0.15) is 0 Å². The van der Waals surface area contributed by atoms with Gasteiger partial charge in [-0.15, -0.1) is 0 Å². The van der Waals surface area contributed by atoms with E-state index in [-0.39, 0.29) is 23.7 Å². The van der Waals surface area contributed by atoms with Gasteiger partial charge in [-0.3, -0.25) is 10.1 Å². The molecule has 0 aliphatic rings. The molecule has 0 aliphatic heterocycles. The molecule has 0 fully saturated rings. The second-order valence-electron chi connectivity index (χ2n) is 4.01. The Morgan fingerprint density at radius 1 is 1.15 bits per heavy atom. The summed E-state index contributed by atoms with van der Waals surface area (Å²) in [6.07, 6.45) is 0. The van der Waals surface area contributed by atoms with Gasteiger partial charge in [0.25, 0.3) is 5.69 Å². The van der Waals surface area contributed by atoms with Crippen molar-refractivity contribution >= 4 is 11.4 Å². The molecular formula is C13H10F2N2O3. The van der Waals surface area contributed by atoms with Gasteiger partial charge in [-0.25, -0.2) is 8.78 Å². The van der Waals surface area contributed by atoms with Gasteiger partial charge >= 0.3 is 0 Å². The lowest BCUT2D eigenvalue weighted by Gasteiger charge is -2.07. The minimum atomic E-state index is -1.01. The summed E-state index contributed by atoms with van der Waals surface area (Å²) < 4.78 is 30.9. The molecule has 0 amide bonds. The maximum absolute atomic E-state index is 13.0. The molecule has 0 radical (unpaired) electrons. The predicted octanol–water partition coefficient (Wildman–Crippen LogP) is 3.03. The third-order valence-electron chi connectivity index (χ3n) is 2.59. The molecule has 2 aromatic carbocycles. The third kappa shape index (κ3) is 3.00. The molecular weight excluding hydrogens is 270 g/mol. The lowest BCUT2D eigenvalue weighted by atomic mass is 10.2. The number of rotatable bonds is 4. The number of anilines is 1. The first kappa shape index (κ1) is 13.7. The number of ether oxygens (including phenoxy) is 1. The fourth-order valence-electron chi connectivity index (χ4n) is 1.59. The van der Waals surface area contributed by atoms with E-state index in [0.29, 0.717) is 5.56 Å². The first-order valence-electron chi connectivity index (χ1n) is 5.58. The van der Waals surface area contributed by atoms with Crippen molar-refractivity contribution in [1.29, 1.82) is 0 Å². The van der Waals surface area contributed by atoms with Crippen LogP contribution in [0.2, 0.25) is 0 Å². The van der Waals surface area contributed by atoms with Crippen molar-refractivity contribution in [2.75, 3.05) is 5.73 Å². The zero-order valence-corrected chi connectivity index (χ0v) is 10.2. The zero-order chi connectivity index (χ0) is 14.7. The van der Waals surface area contributed by atoms with E-state index in [1.165, 1.54) is 24.3 Å². The van der Waals surface area contributed by atoms with Crippen molar-refractivity contribution in [3.8, 4) is 5.75 Å². The number of nitrogens with zero attached hydrogens (tertiary/aromatic N) is 1. The molecule has 0 bridgehead atoms. The van der Waals surface area contributed by atoms with E-state index in [9.17, 15) is 18.9 Å². The zero-order valence-electron chi connectivity index (χ0n) is 10.2. The third-order valence-corrected chi connectivity index (χ3v) is 2.59. The molecule has 0 atom stereocenters. The highest BCUT2D eigenvalue weighted by Gasteiger charge is 2.11. The predicted molar refractivity (Wildman–Crippen MR) is 68.2 cm³/mol. The van der Waals surface area contributed by atoms with Crippen molar-refractivity contribution in [2.45, 2.75) is 6.61 Å². The highest BCUT2D eigenvalue weighted by molar-refractivity contribution is 5.59. The van der Waals surface area contributed by atoms with Gasteiger partial charge < -0.3 is 10.5 Å². The molecule has 7 heteroatoms. The van der Waals surface area contributed by atoms with Crippen LogP contribution >= 0.6 is 0 Å². The topological polar surface area (TPSA) is 78.4 Å². The molecule has 0 aromatic heterocycles. The molecule has 0 spiro atoms. The van der Waals surface area contributed by atoms with Gasteiger partial charge in [0, 0.05) is 12.1 Å². The molecule has 20 heavy (non-hydrogen) atoms. The van der Waals surface area contributed by atoms with Gasteiger partial charge in [0.15, 0.2) is 11.6 Å². The highest BCUT2D eigenvalue weighted by atomic mass is 19.2. The van der Waals surface area contributed by atoms with E-state index < -0.39 is 16.6 Å². The monoisotopic (exact) mass is 280 g/mol. The Morgan fingerprint density at radius 3 is 2.50 bits per heavy atom. The van der Waals surface area contributed by atoms with E-state index >= 15 is 0 Å². The summed E-state index contributed by atoms with van der Waals surface area (Å²) in [5.74, 6) is -1.82. The fourth-order valence-corrected chi connectivity index (χ4v) is 1.59. The van der Waals surface area contributed by atoms with Gasteiger partial charge in [-0.1, -0.05) is 0 Å². The van der Waals surface area contributed by atoms with Crippen LogP contribution < -0.4 is 10.5 Å². The summed E-state index contributed by atoms with van der Waals surface area (Å²) >= 11 is 0. The highest BCUT2D eigenvalue weighted by Crippen LogP contribution is 2.23. The summed E-state index contributed by atoms with van der Waals surface area (Å²) in [4.78, 5) is 10.0. The Balaban J connectivity index is 2.09. The van der Waals surface area contributed by atoms with Crippen LogP contribution in [0, 0.1) is 21.7 Å². The number of nitrogen functional groups attached to an aromatic ring is 1. The van der Waals surface area contributed by atoms with Crippen molar-refractivity contribution in [2.24, 2.45) is 0 Å². The summed E-state index contributed by atoms with van der Waals surface area (Å²) in [7, 11) is 0. The maximum Gasteiger partial charge on any atom is 0.292 e. The van der Waals surface area contributed by atoms with E-state index in [4.69, 9.17) is 10.5 Å². The lowest BCUT2D eigenvalue weighted by molar-refractivity contribution is -0.383. The first-order valence-corrected chi connectivity index (χ1v) is 5.58. The molecule has 104 valence electrons. The van der Waals surface area contributed by atoms with Crippen LogP contribution in [-0.4, -0.2) is 4.92 Å². The molecule has 2 rings (SSSR count). The van der Waals surface area contributed by atoms with Crippen molar-refractivity contribution in [3.05, 3.63) is 63.7 Å². The van der Waals surface area contributed by atoms with E-state index in [2.05, 4.69) is 0 Å². The van der Waals surface area contributed by atoms with Crippen molar-refractivity contribution < 1.29 is 18.4 Å². The quantitative estimate of drug-likeness (QED) is 0.530. The minimum absolute atomic E-state index is 0.0152. The van der Waals surface area contributed by atoms with E-state index in [0.717, 1.165) is 12.1 Å². The molecule has 0 saturated carbocycles. The van der Waals surface area contributed by atoms with Gasteiger partial charge in [-0.05, 0) is 29.8 Å². The van der Waals surface area contributed by atoms with Crippen LogP contribution in [0.1, 0.15) is 5.56 Å². The van der Waals surface area contributed by atoms with Crippen LogP contribution in [0.25, 0.3) is 0 Å². The van der Waals surface area contributed by atoms with Gasteiger partial charge in [0.2, 0.25) is 0 Å². The smallest absolute Gasteiger partial charge is 0.292 e. The Morgan fingerprint density at radius 2 is 1.90 bits per heavy atom. The summed E-state index contributed by atoms with van der Waals surface area (Å²) in [6, 6.07) is 7.30. The largest absolute Gasteiger partial charge is 0.489 e. The Hall–Kier alpha value is -2.70. The molecule has 0 saturated heterocycles. The summed E-state index contributed by atoms with van der Waals surface area (Å²) in [5.41, 5.74) is 5.93. The standard InChI is InChI=1S/C13H10F2N2O3/c14-10-3-2-9(6-11(10)15)20-7-8-1-4-13(17(18)19)12(16)5-8/h1-6H,7,16H2. The summed E-state index contributed by atoms with van der Waals surface area (Å²) in [6.45, 7) is 0.0350. The number of hydrogen-bond donors (Lipinski definition) is 1. The maximum atomic E-state index is 13.0. The number of hydrogen-bond acceptors (Lipinski definition) is 4. The number of nitrogens with two attached hydrogens (primary N) is 1.